The molecule has 136 valence electrons. The minimum Gasteiger partial charge on any atom is -0.365 e. The predicted molar refractivity (Wildman–Crippen MR) is 101 cm³/mol. The largest absolute Gasteiger partial charge is 0.365 e. The van der Waals surface area contributed by atoms with Crippen molar-refractivity contribution >= 4 is 17.5 Å². The third-order valence-electron chi connectivity index (χ3n) is 4.53. The molecule has 26 heavy (non-hydrogen) atoms. The van der Waals surface area contributed by atoms with Gasteiger partial charge in [-0.2, -0.15) is 0 Å². The van der Waals surface area contributed by atoms with Gasteiger partial charge in [0, 0.05) is 17.8 Å². The first-order valence-corrected chi connectivity index (χ1v) is 8.90. The lowest BCUT2D eigenvalue weighted by molar-refractivity contribution is -0.129. The lowest BCUT2D eigenvalue weighted by Gasteiger charge is -2.32. The second-order valence-electron chi connectivity index (χ2n) is 6.76. The predicted octanol–water partition coefficient (Wildman–Crippen LogP) is 2.97. The second-order valence-corrected chi connectivity index (χ2v) is 6.76. The van der Waals surface area contributed by atoms with Gasteiger partial charge in [-0.05, 0) is 35.7 Å². The van der Waals surface area contributed by atoms with Gasteiger partial charge < -0.3 is 15.0 Å². The molecule has 0 radical (unpaired) electrons. The Labute approximate surface area is 154 Å². The van der Waals surface area contributed by atoms with Gasteiger partial charge in [0.25, 0.3) is 11.8 Å². The van der Waals surface area contributed by atoms with Crippen molar-refractivity contribution < 1.29 is 14.3 Å². The highest BCUT2D eigenvalue weighted by Gasteiger charge is 2.27. The van der Waals surface area contributed by atoms with Crippen molar-refractivity contribution in [3.63, 3.8) is 0 Å². The number of rotatable bonds is 5. The molecule has 0 bridgehead atoms. The van der Waals surface area contributed by atoms with Crippen molar-refractivity contribution in [2.24, 2.45) is 0 Å². The van der Waals surface area contributed by atoms with Crippen molar-refractivity contribution in [1.82, 2.24) is 5.32 Å². The zero-order valence-corrected chi connectivity index (χ0v) is 15.1. The molecule has 0 aromatic heterocycles. The number of nitrogens with zero attached hydrogens (tertiary/aromatic N) is 1. The minimum absolute atomic E-state index is 0.0263. The van der Waals surface area contributed by atoms with Gasteiger partial charge in [0.1, 0.15) is 6.61 Å². The number of carbonyl (C=O) groups excluding carboxylic acids is 2. The van der Waals surface area contributed by atoms with Crippen LogP contribution < -0.4 is 10.2 Å². The summed E-state index contributed by atoms with van der Waals surface area (Å²) >= 11 is 0. The number of hydrogen-bond donors (Lipinski definition) is 1. The van der Waals surface area contributed by atoms with Crippen LogP contribution in [0.4, 0.5) is 5.69 Å². The number of morpholine rings is 1. The molecule has 2 aromatic carbocycles. The summed E-state index contributed by atoms with van der Waals surface area (Å²) < 4.78 is 5.57. The second kappa shape index (κ2) is 8.15. The quantitative estimate of drug-likeness (QED) is 0.900. The Morgan fingerprint density at radius 3 is 2.50 bits per heavy atom. The van der Waals surface area contributed by atoms with Gasteiger partial charge in [-0.1, -0.05) is 44.2 Å². The van der Waals surface area contributed by atoms with E-state index in [1.54, 1.807) is 4.90 Å². The van der Waals surface area contributed by atoms with Gasteiger partial charge in [-0.15, -0.1) is 0 Å². The first-order chi connectivity index (χ1) is 12.5. The van der Waals surface area contributed by atoms with E-state index in [-0.39, 0.29) is 24.5 Å². The Morgan fingerprint density at radius 2 is 1.85 bits per heavy atom. The van der Waals surface area contributed by atoms with Crippen molar-refractivity contribution in [3.05, 3.63) is 65.7 Å². The van der Waals surface area contributed by atoms with Crippen LogP contribution in [0.2, 0.25) is 0 Å². The fourth-order valence-corrected chi connectivity index (χ4v) is 2.93. The molecule has 1 aliphatic heterocycles. The fourth-order valence-electron chi connectivity index (χ4n) is 2.93. The Balaban J connectivity index is 1.57. The van der Waals surface area contributed by atoms with Gasteiger partial charge in [-0.25, -0.2) is 0 Å². The Bertz CT molecular complexity index is 757. The van der Waals surface area contributed by atoms with E-state index in [9.17, 15) is 9.59 Å². The van der Waals surface area contributed by atoms with Crippen LogP contribution >= 0.6 is 0 Å². The van der Waals surface area contributed by atoms with Gasteiger partial charge in [0.2, 0.25) is 0 Å². The number of nitrogens with one attached hydrogen (secondary N) is 1. The number of carbonyl (C=O) groups is 2. The Hall–Kier alpha value is -2.66. The highest BCUT2D eigenvalue weighted by molar-refractivity contribution is 5.95. The fraction of sp³-hybridized carbons (Fsp3) is 0.333. The lowest BCUT2D eigenvalue weighted by atomic mass is 10.0. The Morgan fingerprint density at radius 1 is 1.15 bits per heavy atom. The molecule has 1 aliphatic rings. The van der Waals surface area contributed by atoms with E-state index >= 15 is 0 Å². The maximum absolute atomic E-state index is 12.3. The highest BCUT2D eigenvalue weighted by Crippen LogP contribution is 2.18. The smallest absolute Gasteiger partial charge is 0.253 e. The molecule has 0 saturated carbocycles. The standard InChI is InChI=1S/C21H24N2O3/c1-15(2)16-8-10-17(11-9-16)21(25)22-12-19-13-23(20(24)14-26-19)18-6-4-3-5-7-18/h3-11,15,19H,12-14H2,1-2H3,(H,22,25). The van der Waals surface area contributed by atoms with E-state index in [1.165, 1.54) is 5.56 Å². The SMILES string of the molecule is CC(C)c1ccc(C(=O)NCC2CN(c3ccccc3)C(=O)CO2)cc1. The third-order valence-corrected chi connectivity index (χ3v) is 4.53. The first kappa shape index (κ1) is 18.1. The molecule has 3 rings (SSSR count). The van der Waals surface area contributed by atoms with Crippen LogP contribution in [0.1, 0.15) is 35.7 Å². The topological polar surface area (TPSA) is 58.6 Å². The van der Waals surface area contributed by atoms with Crippen LogP contribution in [0, 0.1) is 0 Å². The summed E-state index contributed by atoms with van der Waals surface area (Å²) in [6, 6.07) is 17.1. The summed E-state index contributed by atoms with van der Waals surface area (Å²) in [7, 11) is 0. The van der Waals surface area contributed by atoms with E-state index in [4.69, 9.17) is 4.74 Å². The van der Waals surface area contributed by atoms with Gasteiger partial charge in [0.05, 0.1) is 12.6 Å². The third kappa shape index (κ3) is 4.29. The molecule has 5 nitrogen and oxygen atoms in total. The minimum atomic E-state index is -0.230. The normalized spacial score (nSPS) is 17.4. The van der Waals surface area contributed by atoms with E-state index in [0.29, 0.717) is 24.6 Å². The van der Waals surface area contributed by atoms with Gasteiger partial charge >= 0.3 is 0 Å². The molecule has 2 aromatic rings. The number of ether oxygens (including phenoxy) is 1. The summed E-state index contributed by atoms with van der Waals surface area (Å²) in [4.78, 5) is 26.1. The van der Waals surface area contributed by atoms with E-state index in [1.807, 2.05) is 54.6 Å². The molecule has 5 heteroatoms. The molecule has 2 amide bonds. The average Bonchev–Trinajstić information content (AvgIpc) is 2.68. The number of hydrogen-bond acceptors (Lipinski definition) is 3. The van der Waals surface area contributed by atoms with Crippen molar-refractivity contribution in [2.75, 3.05) is 24.6 Å². The molecular weight excluding hydrogens is 328 g/mol. The number of amides is 2. The molecule has 1 unspecified atom stereocenters. The number of benzene rings is 2. The van der Waals surface area contributed by atoms with Gasteiger partial charge in [0.15, 0.2) is 0 Å². The zero-order chi connectivity index (χ0) is 18.5. The van der Waals surface area contributed by atoms with Crippen LogP contribution in [0.25, 0.3) is 0 Å². The van der Waals surface area contributed by atoms with Crippen molar-refractivity contribution in [3.8, 4) is 0 Å². The van der Waals surface area contributed by atoms with Crippen LogP contribution in [-0.2, 0) is 9.53 Å². The number of para-hydroxylation sites is 1. The molecular formula is C21H24N2O3. The van der Waals surface area contributed by atoms with E-state index in [2.05, 4.69) is 19.2 Å². The maximum Gasteiger partial charge on any atom is 0.253 e. The molecule has 1 N–H and O–H groups in total. The Kier molecular flexibility index (Phi) is 5.68. The van der Waals surface area contributed by atoms with Gasteiger partial charge in [-0.3, -0.25) is 9.59 Å². The van der Waals surface area contributed by atoms with E-state index < -0.39 is 0 Å². The summed E-state index contributed by atoms with van der Waals surface area (Å²) in [5.74, 6) is 0.236. The summed E-state index contributed by atoms with van der Waals surface area (Å²) in [6.45, 7) is 5.06. The maximum atomic E-state index is 12.3. The first-order valence-electron chi connectivity index (χ1n) is 8.90. The summed E-state index contributed by atoms with van der Waals surface area (Å²) in [5, 5.41) is 2.90. The van der Waals surface area contributed by atoms with Crippen LogP contribution in [0.3, 0.4) is 0 Å². The molecule has 1 saturated heterocycles. The van der Waals surface area contributed by atoms with Crippen LogP contribution in [0.15, 0.2) is 54.6 Å². The summed E-state index contributed by atoms with van der Waals surface area (Å²) in [5.41, 5.74) is 2.68. The highest BCUT2D eigenvalue weighted by atomic mass is 16.5. The molecule has 1 fully saturated rings. The van der Waals surface area contributed by atoms with Crippen LogP contribution in [0.5, 0.6) is 0 Å². The summed E-state index contributed by atoms with van der Waals surface area (Å²) in [6.07, 6.45) is -0.230. The molecule has 0 aliphatic carbocycles. The zero-order valence-electron chi connectivity index (χ0n) is 15.1. The molecule has 1 atom stereocenters. The molecule has 0 spiro atoms. The van der Waals surface area contributed by atoms with Crippen LogP contribution in [-0.4, -0.2) is 37.6 Å². The van der Waals surface area contributed by atoms with Crippen molar-refractivity contribution in [1.29, 1.82) is 0 Å². The number of anilines is 1. The van der Waals surface area contributed by atoms with E-state index in [0.717, 1.165) is 5.69 Å². The average molecular weight is 352 g/mol. The van der Waals surface area contributed by atoms with Crippen molar-refractivity contribution in [2.45, 2.75) is 25.9 Å². The monoisotopic (exact) mass is 352 g/mol. The lowest BCUT2D eigenvalue weighted by Crippen LogP contribution is -2.50. The molecule has 1 heterocycles.